The van der Waals surface area contributed by atoms with E-state index in [-0.39, 0.29) is 5.91 Å². The lowest BCUT2D eigenvalue weighted by atomic mass is 10.1. The molecular formula is C24H21N3O2. The van der Waals surface area contributed by atoms with Crippen LogP contribution in [0, 0.1) is 13.8 Å². The number of nitrogens with one attached hydrogen (secondary N) is 1. The zero-order chi connectivity index (χ0) is 20.2. The average Bonchev–Trinajstić information content (AvgIpc) is 2.75. The summed E-state index contributed by atoms with van der Waals surface area (Å²) in [5, 5.41) is 3.90. The third kappa shape index (κ3) is 3.94. The highest BCUT2D eigenvalue weighted by Gasteiger charge is 2.14. The third-order valence-corrected chi connectivity index (χ3v) is 4.88. The third-order valence-electron chi connectivity index (χ3n) is 4.88. The van der Waals surface area contributed by atoms with Gasteiger partial charge in [-0.3, -0.25) is 14.8 Å². The van der Waals surface area contributed by atoms with Gasteiger partial charge in [0.1, 0.15) is 11.5 Å². The van der Waals surface area contributed by atoms with Gasteiger partial charge in [0, 0.05) is 41.6 Å². The number of benzene rings is 2. The number of aryl methyl sites for hydroxylation is 1. The fourth-order valence-corrected chi connectivity index (χ4v) is 3.26. The van der Waals surface area contributed by atoms with E-state index in [1.165, 1.54) is 0 Å². The lowest BCUT2D eigenvalue weighted by Crippen LogP contribution is -2.23. The molecule has 0 atom stereocenters. The zero-order valence-corrected chi connectivity index (χ0v) is 16.3. The van der Waals surface area contributed by atoms with Crippen LogP contribution in [-0.2, 0) is 6.54 Å². The van der Waals surface area contributed by atoms with Crippen LogP contribution in [0.25, 0.3) is 10.9 Å². The molecule has 0 unspecified atom stereocenters. The maximum absolute atomic E-state index is 12.7. The highest BCUT2D eigenvalue weighted by molar-refractivity contribution is 5.96. The van der Waals surface area contributed by atoms with E-state index in [0.717, 1.165) is 33.3 Å². The van der Waals surface area contributed by atoms with E-state index in [2.05, 4.69) is 15.3 Å². The lowest BCUT2D eigenvalue weighted by molar-refractivity contribution is 0.0950. The molecule has 2 aromatic heterocycles. The van der Waals surface area contributed by atoms with Crippen LogP contribution >= 0.6 is 0 Å². The number of carbonyl (C=O) groups excluding carboxylic acids is 1. The Bertz CT molecular complexity index is 1170. The topological polar surface area (TPSA) is 64.1 Å². The molecule has 29 heavy (non-hydrogen) atoms. The number of fused-ring (bicyclic) bond motifs is 1. The molecule has 144 valence electrons. The van der Waals surface area contributed by atoms with Crippen molar-refractivity contribution >= 4 is 16.8 Å². The predicted octanol–water partition coefficient (Wildman–Crippen LogP) is 4.97. The molecule has 0 saturated heterocycles. The summed E-state index contributed by atoms with van der Waals surface area (Å²) < 4.78 is 6.20. The van der Waals surface area contributed by atoms with Gasteiger partial charge in [0.25, 0.3) is 5.91 Å². The number of amides is 1. The Morgan fingerprint density at radius 3 is 2.55 bits per heavy atom. The predicted molar refractivity (Wildman–Crippen MR) is 113 cm³/mol. The van der Waals surface area contributed by atoms with Crippen LogP contribution in [0.15, 0.2) is 73.2 Å². The van der Waals surface area contributed by atoms with Gasteiger partial charge in [-0.15, -0.1) is 0 Å². The first kappa shape index (κ1) is 18.6. The van der Waals surface area contributed by atoms with Gasteiger partial charge in [0.2, 0.25) is 0 Å². The van der Waals surface area contributed by atoms with Crippen LogP contribution in [0.1, 0.15) is 27.0 Å². The number of para-hydroxylation sites is 1. The van der Waals surface area contributed by atoms with E-state index in [4.69, 9.17) is 4.74 Å². The van der Waals surface area contributed by atoms with Crippen molar-refractivity contribution in [2.75, 3.05) is 0 Å². The second-order valence-electron chi connectivity index (χ2n) is 6.85. The van der Waals surface area contributed by atoms with Crippen LogP contribution in [0.2, 0.25) is 0 Å². The average molecular weight is 383 g/mol. The maximum Gasteiger partial charge on any atom is 0.251 e. The number of rotatable bonds is 5. The minimum absolute atomic E-state index is 0.139. The van der Waals surface area contributed by atoms with E-state index in [1.807, 2.05) is 62.4 Å². The van der Waals surface area contributed by atoms with Crippen LogP contribution in [0.3, 0.4) is 0 Å². The molecule has 0 aliphatic carbocycles. The van der Waals surface area contributed by atoms with Crippen LogP contribution < -0.4 is 10.1 Å². The molecule has 2 aromatic carbocycles. The maximum atomic E-state index is 12.7. The number of nitrogens with zero attached hydrogens (tertiary/aromatic N) is 2. The van der Waals surface area contributed by atoms with Gasteiger partial charge in [0.15, 0.2) is 0 Å². The highest BCUT2D eigenvalue weighted by atomic mass is 16.5. The zero-order valence-electron chi connectivity index (χ0n) is 16.3. The summed E-state index contributed by atoms with van der Waals surface area (Å²) in [6.07, 6.45) is 5.16. The first-order valence-corrected chi connectivity index (χ1v) is 9.42. The number of hydrogen-bond donors (Lipinski definition) is 1. The van der Waals surface area contributed by atoms with Gasteiger partial charge in [-0.05, 0) is 61.4 Å². The summed E-state index contributed by atoms with van der Waals surface area (Å²) >= 11 is 0. The van der Waals surface area contributed by atoms with Crippen molar-refractivity contribution in [3.8, 4) is 11.5 Å². The molecule has 0 bridgehead atoms. The van der Waals surface area contributed by atoms with Gasteiger partial charge in [-0.25, -0.2) is 0 Å². The van der Waals surface area contributed by atoms with Crippen molar-refractivity contribution in [3.05, 3.63) is 95.4 Å². The Kier molecular flexibility index (Phi) is 5.20. The Morgan fingerprint density at radius 2 is 1.72 bits per heavy atom. The Labute approximate surface area is 169 Å². The summed E-state index contributed by atoms with van der Waals surface area (Å²) in [7, 11) is 0. The number of carbonyl (C=O) groups is 1. The minimum Gasteiger partial charge on any atom is -0.456 e. The van der Waals surface area contributed by atoms with E-state index >= 15 is 0 Å². The molecule has 0 aliphatic heterocycles. The van der Waals surface area contributed by atoms with E-state index in [9.17, 15) is 4.79 Å². The van der Waals surface area contributed by atoms with Crippen molar-refractivity contribution in [1.82, 2.24) is 15.3 Å². The Morgan fingerprint density at radius 1 is 0.931 bits per heavy atom. The second kappa shape index (κ2) is 8.10. The fourth-order valence-electron chi connectivity index (χ4n) is 3.26. The molecule has 0 fully saturated rings. The van der Waals surface area contributed by atoms with Crippen LogP contribution in [0.4, 0.5) is 0 Å². The molecule has 4 aromatic rings. The second-order valence-corrected chi connectivity index (χ2v) is 6.85. The molecule has 5 nitrogen and oxygen atoms in total. The monoisotopic (exact) mass is 383 g/mol. The summed E-state index contributed by atoms with van der Waals surface area (Å²) in [6.45, 7) is 4.36. The van der Waals surface area contributed by atoms with Crippen molar-refractivity contribution in [1.29, 1.82) is 0 Å². The minimum atomic E-state index is -0.139. The number of hydrogen-bond acceptors (Lipinski definition) is 4. The largest absolute Gasteiger partial charge is 0.456 e. The van der Waals surface area contributed by atoms with Crippen molar-refractivity contribution in [3.63, 3.8) is 0 Å². The van der Waals surface area contributed by atoms with Gasteiger partial charge in [-0.2, -0.15) is 0 Å². The van der Waals surface area contributed by atoms with Gasteiger partial charge < -0.3 is 10.1 Å². The lowest BCUT2D eigenvalue weighted by Gasteiger charge is -2.14. The standard InChI is InChI=1S/C24H21N3O2/c1-16-5-3-7-20-22(11-14-26-23(16)20)29-21-8-4-6-19(17(21)2)24(28)27-15-18-9-12-25-13-10-18/h3-14H,15H2,1-2H3,(H,27,28). The molecule has 0 spiro atoms. The summed E-state index contributed by atoms with van der Waals surface area (Å²) in [6, 6.07) is 17.1. The number of ether oxygens (including phenoxy) is 1. The van der Waals surface area contributed by atoms with E-state index in [1.54, 1.807) is 24.7 Å². The highest BCUT2D eigenvalue weighted by Crippen LogP contribution is 2.32. The van der Waals surface area contributed by atoms with Crippen molar-refractivity contribution in [2.45, 2.75) is 20.4 Å². The Hall–Kier alpha value is -3.73. The molecule has 0 aliphatic rings. The van der Waals surface area contributed by atoms with Gasteiger partial charge in [0.05, 0.1) is 5.52 Å². The summed E-state index contributed by atoms with van der Waals surface area (Å²) in [4.78, 5) is 21.2. The first-order chi connectivity index (χ1) is 14.1. The SMILES string of the molecule is Cc1c(Oc2ccnc3c(C)cccc23)cccc1C(=O)NCc1ccncc1. The van der Waals surface area contributed by atoms with E-state index < -0.39 is 0 Å². The molecular weight excluding hydrogens is 362 g/mol. The summed E-state index contributed by atoms with van der Waals surface area (Å²) in [5.41, 5.74) is 4.38. The molecule has 5 heteroatoms. The van der Waals surface area contributed by atoms with Crippen molar-refractivity contribution < 1.29 is 9.53 Å². The first-order valence-electron chi connectivity index (χ1n) is 9.42. The number of pyridine rings is 2. The Balaban J connectivity index is 1.59. The van der Waals surface area contributed by atoms with Gasteiger partial charge in [-0.1, -0.05) is 18.2 Å². The van der Waals surface area contributed by atoms with Crippen LogP contribution in [-0.4, -0.2) is 15.9 Å². The van der Waals surface area contributed by atoms with Crippen LogP contribution in [0.5, 0.6) is 11.5 Å². The van der Waals surface area contributed by atoms with E-state index in [0.29, 0.717) is 17.9 Å². The quantitative estimate of drug-likeness (QED) is 0.528. The molecule has 0 radical (unpaired) electrons. The molecule has 0 saturated carbocycles. The molecule has 2 heterocycles. The number of aromatic nitrogens is 2. The fraction of sp³-hybridized carbons (Fsp3) is 0.125. The molecule has 1 N–H and O–H groups in total. The molecule has 4 rings (SSSR count). The molecule has 1 amide bonds. The normalized spacial score (nSPS) is 10.7. The smallest absolute Gasteiger partial charge is 0.251 e. The summed E-state index contributed by atoms with van der Waals surface area (Å²) in [5.74, 6) is 1.23. The van der Waals surface area contributed by atoms with Gasteiger partial charge >= 0.3 is 0 Å². The van der Waals surface area contributed by atoms with Crippen molar-refractivity contribution in [2.24, 2.45) is 0 Å².